The van der Waals surface area contributed by atoms with Crippen LogP contribution in [0.2, 0.25) is 10.0 Å². The molecule has 5 nitrogen and oxygen atoms in total. The molecule has 2 N–H and O–H groups in total. The lowest BCUT2D eigenvalue weighted by Crippen LogP contribution is -2.20. The molecule has 0 bridgehead atoms. The minimum atomic E-state index is -0.342. The van der Waals surface area contributed by atoms with E-state index in [1.54, 1.807) is 42.5 Å². The predicted molar refractivity (Wildman–Crippen MR) is 105 cm³/mol. The van der Waals surface area contributed by atoms with E-state index in [-0.39, 0.29) is 18.4 Å². The van der Waals surface area contributed by atoms with Gasteiger partial charge in [-0.3, -0.25) is 9.59 Å². The van der Waals surface area contributed by atoms with Crippen LogP contribution in [0, 0.1) is 0 Å². The van der Waals surface area contributed by atoms with E-state index in [1.807, 2.05) is 6.92 Å². The molecule has 0 aliphatic heterocycles. The van der Waals surface area contributed by atoms with Gasteiger partial charge in [0, 0.05) is 22.8 Å². The van der Waals surface area contributed by atoms with Crippen molar-refractivity contribution in [2.45, 2.75) is 26.2 Å². The first kappa shape index (κ1) is 20.1. The van der Waals surface area contributed by atoms with E-state index in [0.29, 0.717) is 33.6 Å². The lowest BCUT2D eigenvalue weighted by molar-refractivity contribution is -0.118. The average molecular weight is 395 g/mol. The number of ether oxygens (including phenoxy) is 1. The molecule has 2 rings (SSSR count). The summed E-state index contributed by atoms with van der Waals surface area (Å²) in [6.45, 7) is 1.83. The molecule has 2 aromatic carbocycles. The number of hydrogen-bond donors (Lipinski definition) is 2. The van der Waals surface area contributed by atoms with Gasteiger partial charge in [0.2, 0.25) is 5.91 Å². The fourth-order valence-corrected chi connectivity index (χ4v) is 2.63. The Hall–Kier alpha value is -2.24. The van der Waals surface area contributed by atoms with E-state index in [0.717, 1.165) is 12.8 Å². The first-order valence-corrected chi connectivity index (χ1v) is 9.01. The fraction of sp³-hybridized carbons (Fsp3) is 0.263. The Labute approximate surface area is 162 Å². The van der Waals surface area contributed by atoms with Gasteiger partial charge in [0.25, 0.3) is 5.91 Å². The molecule has 0 fully saturated rings. The molecule has 0 atom stereocenters. The van der Waals surface area contributed by atoms with Gasteiger partial charge in [0.05, 0.1) is 5.02 Å². The van der Waals surface area contributed by atoms with Gasteiger partial charge in [-0.2, -0.15) is 0 Å². The van der Waals surface area contributed by atoms with Gasteiger partial charge in [-0.15, -0.1) is 0 Å². The van der Waals surface area contributed by atoms with E-state index in [9.17, 15) is 9.59 Å². The van der Waals surface area contributed by atoms with E-state index in [2.05, 4.69) is 10.6 Å². The Morgan fingerprint density at radius 3 is 2.35 bits per heavy atom. The number of hydrogen-bond acceptors (Lipinski definition) is 3. The van der Waals surface area contributed by atoms with Gasteiger partial charge in [-0.1, -0.05) is 42.6 Å². The first-order valence-electron chi connectivity index (χ1n) is 8.25. The van der Waals surface area contributed by atoms with Crippen molar-refractivity contribution in [2.75, 3.05) is 17.2 Å². The monoisotopic (exact) mass is 394 g/mol. The molecule has 138 valence electrons. The average Bonchev–Trinajstić information content (AvgIpc) is 2.59. The topological polar surface area (TPSA) is 67.4 Å². The van der Waals surface area contributed by atoms with Crippen LogP contribution in [-0.4, -0.2) is 18.4 Å². The second kappa shape index (κ2) is 10.0. The molecule has 0 radical (unpaired) electrons. The van der Waals surface area contributed by atoms with Crippen LogP contribution in [0.3, 0.4) is 0 Å². The molecule has 0 aromatic heterocycles. The summed E-state index contributed by atoms with van der Waals surface area (Å²) < 4.78 is 5.39. The third-order valence-electron chi connectivity index (χ3n) is 3.44. The number of rotatable bonds is 8. The molecule has 0 aliphatic carbocycles. The zero-order valence-electron chi connectivity index (χ0n) is 14.4. The van der Waals surface area contributed by atoms with Crippen LogP contribution in [-0.2, 0) is 9.59 Å². The maximum Gasteiger partial charge on any atom is 0.262 e. The molecule has 2 aromatic rings. The van der Waals surface area contributed by atoms with Crippen LogP contribution >= 0.6 is 23.2 Å². The summed E-state index contributed by atoms with van der Waals surface area (Å²) in [5.41, 5.74) is 1.19. The van der Waals surface area contributed by atoms with Crippen molar-refractivity contribution >= 4 is 46.4 Å². The molecular formula is C19H20Cl2N2O3. The van der Waals surface area contributed by atoms with Crippen LogP contribution in [0.15, 0.2) is 42.5 Å². The van der Waals surface area contributed by atoms with Crippen molar-refractivity contribution in [1.29, 1.82) is 0 Å². The summed E-state index contributed by atoms with van der Waals surface area (Å²) in [5, 5.41) is 6.35. The molecular weight excluding hydrogens is 375 g/mol. The lowest BCUT2D eigenvalue weighted by Gasteiger charge is -2.10. The summed E-state index contributed by atoms with van der Waals surface area (Å²) in [4.78, 5) is 23.8. The summed E-state index contributed by atoms with van der Waals surface area (Å²) in [6.07, 6.45) is 2.27. The normalized spacial score (nSPS) is 10.3. The Bertz CT molecular complexity index is 781. The number of unbranched alkanes of at least 4 members (excludes halogenated alkanes) is 1. The van der Waals surface area contributed by atoms with E-state index >= 15 is 0 Å². The van der Waals surface area contributed by atoms with Crippen molar-refractivity contribution in [3.8, 4) is 5.75 Å². The predicted octanol–water partition coefficient (Wildman–Crippen LogP) is 5.14. The number of carbonyl (C=O) groups excluding carboxylic acids is 2. The Kier molecular flexibility index (Phi) is 7.75. The van der Waals surface area contributed by atoms with E-state index in [4.69, 9.17) is 27.9 Å². The molecule has 0 aliphatic rings. The molecule has 0 spiro atoms. The van der Waals surface area contributed by atoms with Gasteiger partial charge in [0.1, 0.15) is 5.75 Å². The minimum Gasteiger partial charge on any atom is -0.482 e. The summed E-state index contributed by atoms with van der Waals surface area (Å²) in [7, 11) is 0. The summed E-state index contributed by atoms with van der Waals surface area (Å²) in [5.74, 6) is -0.00956. The maximum atomic E-state index is 12.0. The van der Waals surface area contributed by atoms with Crippen molar-refractivity contribution in [2.24, 2.45) is 0 Å². The van der Waals surface area contributed by atoms with Gasteiger partial charge < -0.3 is 15.4 Å². The van der Waals surface area contributed by atoms with Crippen molar-refractivity contribution in [3.63, 3.8) is 0 Å². The Morgan fingerprint density at radius 1 is 1.00 bits per heavy atom. The van der Waals surface area contributed by atoms with Crippen LogP contribution in [0.25, 0.3) is 0 Å². The number of benzene rings is 2. The van der Waals surface area contributed by atoms with Crippen LogP contribution in [0.1, 0.15) is 26.2 Å². The molecule has 2 amide bonds. The molecule has 0 heterocycles. The van der Waals surface area contributed by atoms with Gasteiger partial charge in [-0.25, -0.2) is 0 Å². The lowest BCUT2D eigenvalue weighted by atomic mass is 10.2. The molecule has 7 heteroatoms. The zero-order chi connectivity index (χ0) is 18.9. The smallest absolute Gasteiger partial charge is 0.262 e. The standard InChI is InChI=1S/C19H20Cl2N2O3/c1-2-3-7-18(24)22-14-5-4-6-15(11-14)23-19(25)12-26-17-9-8-13(20)10-16(17)21/h4-6,8-11H,2-3,7,12H2,1H3,(H,22,24)(H,23,25). The summed E-state index contributed by atoms with van der Waals surface area (Å²) >= 11 is 11.8. The molecule has 26 heavy (non-hydrogen) atoms. The van der Waals surface area contributed by atoms with Crippen molar-refractivity contribution < 1.29 is 14.3 Å². The maximum absolute atomic E-state index is 12.0. The highest BCUT2D eigenvalue weighted by atomic mass is 35.5. The Morgan fingerprint density at radius 2 is 1.69 bits per heavy atom. The second-order valence-electron chi connectivity index (χ2n) is 5.64. The zero-order valence-corrected chi connectivity index (χ0v) is 15.9. The largest absolute Gasteiger partial charge is 0.482 e. The van der Waals surface area contributed by atoms with Gasteiger partial charge >= 0.3 is 0 Å². The summed E-state index contributed by atoms with van der Waals surface area (Å²) in [6, 6.07) is 11.7. The highest BCUT2D eigenvalue weighted by Crippen LogP contribution is 2.27. The number of nitrogens with one attached hydrogen (secondary N) is 2. The minimum absolute atomic E-state index is 0.0453. The number of amides is 2. The van der Waals surface area contributed by atoms with Crippen LogP contribution in [0.5, 0.6) is 5.75 Å². The van der Waals surface area contributed by atoms with Gasteiger partial charge in [0.15, 0.2) is 6.61 Å². The Balaban J connectivity index is 1.88. The second-order valence-corrected chi connectivity index (χ2v) is 6.49. The van der Waals surface area contributed by atoms with Crippen LogP contribution in [0.4, 0.5) is 11.4 Å². The first-order chi connectivity index (χ1) is 12.5. The SMILES string of the molecule is CCCCC(=O)Nc1cccc(NC(=O)COc2ccc(Cl)cc2Cl)c1. The number of carbonyl (C=O) groups is 2. The fourth-order valence-electron chi connectivity index (χ4n) is 2.17. The van der Waals surface area contributed by atoms with E-state index < -0.39 is 0 Å². The highest BCUT2D eigenvalue weighted by Gasteiger charge is 2.08. The van der Waals surface area contributed by atoms with Crippen molar-refractivity contribution in [3.05, 3.63) is 52.5 Å². The molecule has 0 unspecified atom stereocenters. The van der Waals surface area contributed by atoms with Crippen LogP contribution < -0.4 is 15.4 Å². The quantitative estimate of drug-likeness (QED) is 0.651. The third-order valence-corrected chi connectivity index (χ3v) is 3.97. The third kappa shape index (κ3) is 6.58. The molecule has 0 saturated carbocycles. The van der Waals surface area contributed by atoms with Crippen molar-refractivity contribution in [1.82, 2.24) is 0 Å². The number of anilines is 2. The number of halogens is 2. The highest BCUT2D eigenvalue weighted by molar-refractivity contribution is 6.35. The van der Waals surface area contributed by atoms with E-state index in [1.165, 1.54) is 0 Å². The van der Waals surface area contributed by atoms with Gasteiger partial charge in [-0.05, 0) is 42.8 Å². The molecule has 0 saturated heterocycles.